The van der Waals surface area contributed by atoms with E-state index < -0.39 is 18.2 Å². The first-order chi connectivity index (χ1) is 9.34. The molecule has 1 N–H and O–H groups in total. The molecule has 0 aliphatic carbocycles. The SMILES string of the molecule is C=CCCC[C@H](OC(=O)c1ccc(O)cc1)C(F)(F)F. The lowest BCUT2D eigenvalue weighted by Gasteiger charge is -2.20. The van der Waals surface area contributed by atoms with E-state index in [1.54, 1.807) is 0 Å². The van der Waals surface area contributed by atoms with Crippen LogP contribution in [0.2, 0.25) is 0 Å². The summed E-state index contributed by atoms with van der Waals surface area (Å²) in [5.74, 6) is -1.15. The predicted octanol–water partition coefficient (Wildman–Crippen LogP) is 3.84. The van der Waals surface area contributed by atoms with Gasteiger partial charge in [0.2, 0.25) is 0 Å². The number of carbonyl (C=O) groups is 1. The second-order valence-electron chi connectivity index (χ2n) is 4.20. The van der Waals surface area contributed by atoms with Crippen molar-refractivity contribution in [1.29, 1.82) is 0 Å². The Labute approximate surface area is 114 Å². The first-order valence-corrected chi connectivity index (χ1v) is 6.02. The lowest BCUT2D eigenvalue weighted by molar-refractivity contribution is -0.206. The van der Waals surface area contributed by atoms with Gasteiger partial charge in [-0.2, -0.15) is 13.2 Å². The molecule has 0 saturated heterocycles. The molecule has 6 heteroatoms. The van der Waals surface area contributed by atoms with Crippen molar-refractivity contribution in [3.63, 3.8) is 0 Å². The lowest BCUT2D eigenvalue weighted by Crippen LogP contribution is -2.33. The molecule has 0 fully saturated rings. The number of aromatic hydroxyl groups is 1. The monoisotopic (exact) mass is 288 g/mol. The summed E-state index contributed by atoms with van der Waals surface area (Å²) < 4.78 is 42.7. The number of hydrogen-bond acceptors (Lipinski definition) is 3. The Balaban J connectivity index is 2.71. The maximum atomic E-state index is 12.7. The van der Waals surface area contributed by atoms with Gasteiger partial charge >= 0.3 is 12.1 Å². The van der Waals surface area contributed by atoms with Gasteiger partial charge in [-0.25, -0.2) is 4.79 Å². The highest BCUT2D eigenvalue weighted by Gasteiger charge is 2.42. The minimum atomic E-state index is -4.60. The van der Waals surface area contributed by atoms with Gasteiger partial charge in [0.25, 0.3) is 0 Å². The van der Waals surface area contributed by atoms with Crippen molar-refractivity contribution in [3.8, 4) is 5.75 Å². The number of alkyl halides is 3. The number of hydrogen-bond donors (Lipinski definition) is 1. The zero-order chi connectivity index (χ0) is 15.2. The average Bonchev–Trinajstić information content (AvgIpc) is 2.37. The van der Waals surface area contributed by atoms with E-state index in [4.69, 9.17) is 5.11 Å². The molecule has 20 heavy (non-hydrogen) atoms. The zero-order valence-electron chi connectivity index (χ0n) is 10.7. The van der Waals surface area contributed by atoms with E-state index in [0.29, 0.717) is 6.42 Å². The normalized spacial score (nSPS) is 12.8. The largest absolute Gasteiger partial charge is 0.508 e. The van der Waals surface area contributed by atoms with Crippen LogP contribution in [0.5, 0.6) is 5.75 Å². The maximum Gasteiger partial charge on any atom is 0.425 e. The Hall–Kier alpha value is -1.98. The summed E-state index contributed by atoms with van der Waals surface area (Å²) in [5.41, 5.74) is -0.0410. The van der Waals surface area contributed by atoms with Crippen molar-refractivity contribution in [2.75, 3.05) is 0 Å². The molecule has 1 aromatic carbocycles. The van der Waals surface area contributed by atoms with Gasteiger partial charge in [-0.1, -0.05) is 6.08 Å². The fourth-order valence-electron chi connectivity index (χ4n) is 1.53. The van der Waals surface area contributed by atoms with Crippen LogP contribution in [0.3, 0.4) is 0 Å². The molecule has 0 aromatic heterocycles. The summed E-state index contributed by atoms with van der Waals surface area (Å²) in [7, 11) is 0. The Morgan fingerprint density at radius 2 is 1.95 bits per heavy atom. The third-order valence-electron chi connectivity index (χ3n) is 2.59. The van der Waals surface area contributed by atoms with Crippen LogP contribution in [0.15, 0.2) is 36.9 Å². The smallest absolute Gasteiger partial charge is 0.425 e. The number of phenols is 1. The molecule has 0 radical (unpaired) electrons. The Morgan fingerprint density at radius 1 is 1.35 bits per heavy atom. The molecule has 0 heterocycles. The van der Waals surface area contributed by atoms with Gasteiger partial charge < -0.3 is 9.84 Å². The molecule has 1 rings (SSSR count). The highest BCUT2D eigenvalue weighted by molar-refractivity contribution is 5.89. The standard InChI is InChI=1S/C14H15F3O3/c1-2-3-4-5-12(14(15,16)17)20-13(19)10-6-8-11(18)9-7-10/h2,6-9,12,18H,1,3-5H2/t12-/m0/s1. The number of ether oxygens (including phenoxy) is 1. The van der Waals surface area contributed by atoms with Crippen molar-refractivity contribution in [2.45, 2.75) is 31.5 Å². The molecule has 1 aromatic rings. The molecule has 1 atom stereocenters. The van der Waals surface area contributed by atoms with Gasteiger partial charge in [0.15, 0.2) is 6.10 Å². The molecule has 0 bridgehead atoms. The highest BCUT2D eigenvalue weighted by atomic mass is 19.4. The fourth-order valence-corrected chi connectivity index (χ4v) is 1.53. The van der Waals surface area contributed by atoms with Crippen LogP contribution < -0.4 is 0 Å². The molecule has 110 valence electrons. The molecule has 0 saturated carbocycles. The number of carbonyl (C=O) groups excluding carboxylic acids is 1. The summed E-state index contributed by atoms with van der Waals surface area (Å²) >= 11 is 0. The summed E-state index contributed by atoms with van der Waals surface area (Å²) in [6.45, 7) is 3.42. The summed E-state index contributed by atoms with van der Waals surface area (Å²) in [5, 5.41) is 9.05. The molecular weight excluding hydrogens is 273 g/mol. The van der Waals surface area contributed by atoms with Gasteiger partial charge in [-0.15, -0.1) is 6.58 Å². The van der Waals surface area contributed by atoms with Crippen LogP contribution in [0, 0.1) is 0 Å². The summed E-state index contributed by atoms with van der Waals surface area (Å²) in [6.07, 6.45) is -4.88. The number of esters is 1. The molecule has 0 amide bonds. The zero-order valence-corrected chi connectivity index (χ0v) is 10.7. The molecule has 3 nitrogen and oxygen atoms in total. The molecular formula is C14H15F3O3. The van der Waals surface area contributed by atoms with E-state index in [-0.39, 0.29) is 24.2 Å². The van der Waals surface area contributed by atoms with E-state index in [1.807, 2.05) is 0 Å². The number of halogens is 3. The second-order valence-corrected chi connectivity index (χ2v) is 4.20. The highest BCUT2D eigenvalue weighted by Crippen LogP contribution is 2.28. The van der Waals surface area contributed by atoms with Gasteiger partial charge in [0.1, 0.15) is 5.75 Å². The van der Waals surface area contributed by atoms with E-state index in [1.165, 1.54) is 30.3 Å². The molecule has 0 spiro atoms. The summed E-state index contributed by atoms with van der Waals surface area (Å²) in [4.78, 5) is 11.6. The van der Waals surface area contributed by atoms with E-state index >= 15 is 0 Å². The number of unbranched alkanes of at least 4 members (excludes halogenated alkanes) is 1. The van der Waals surface area contributed by atoms with Crippen LogP contribution in [-0.4, -0.2) is 23.4 Å². The van der Waals surface area contributed by atoms with Crippen molar-refractivity contribution < 1.29 is 27.8 Å². The topological polar surface area (TPSA) is 46.5 Å². The minimum Gasteiger partial charge on any atom is -0.508 e. The third-order valence-corrected chi connectivity index (χ3v) is 2.59. The summed E-state index contributed by atoms with van der Waals surface area (Å²) in [6, 6.07) is 4.82. The van der Waals surface area contributed by atoms with E-state index in [0.717, 1.165) is 0 Å². The van der Waals surface area contributed by atoms with E-state index in [9.17, 15) is 18.0 Å². The first-order valence-electron chi connectivity index (χ1n) is 6.02. The number of allylic oxidation sites excluding steroid dienone is 1. The van der Waals surface area contributed by atoms with Crippen LogP contribution in [0.25, 0.3) is 0 Å². The number of phenolic OH excluding ortho intramolecular Hbond substituents is 1. The van der Waals surface area contributed by atoms with Gasteiger partial charge in [0.05, 0.1) is 5.56 Å². The van der Waals surface area contributed by atoms with Gasteiger partial charge in [0, 0.05) is 0 Å². The van der Waals surface area contributed by atoms with Gasteiger partial charge in [-0.3, -0.25) is 0 Å². The van der Waals surface area contributed by atoms with Gasteiger partial charge in [-0.05, 0) is 43.5 Å². The maximum absolute atomic E-state index is 12.7. The molecule has 0 aliphatic rings. The van der Waals surface area contributed by atoms with Crippen LogP contribution in [0.1, 0.15) is 29.6 Å². The van der Waals surface area contributed by atoms with Crippen molar-refractivity contribution in [2.24, 2.45) is 0 Å². The second kappa shape index (κ2) is 6.98. The fraction of sp³-hybridized carbons (Fsp3) is 0.357. The minimum absolute atomic E-state index is 0.0410. The average molecular weight is 288 g/mol. The Morgan fingerprint density at radius 3 is 2.45 bits per heavy atom. The van der Waals surface area contributed by atoms with Crippen LogP contribution in [0.4, 0.5) is 13.2 Å². The Bertz CT molecular complexity index is 452. The van der Waals surface area contributed by atoms with Crippen LogP contribution in [-0.2, 0) is 4.74 Å². The quantitative estimate of drug-likeness (QED) is 0.491. The van der Waals surface area contributed by atoms with E-state index in [2.05, 4.69) is 11.3 Å². The van der Waals surface area contributed by atoms with Crippen molar-refractivity contribution in [3.05, 3.63) is 42.5 Å². The number of rotatable bonds is 6. The lowest BCUT2D eigenvalue weighted by atomic mass is 10.1. The van der Waals surface area contributed by atoms with Crippen molar-refractivity contribution in [1.82, 2.24) is 0 Å². The van der Waals surface area contributed by atoms with Crippen molar-refractivity contribution >= 4 is 5.97 Å². The third kappa shape index (κ3) is 4.95. The molecule has 0 unspecified atom stereocenters. The Kier molecular flexibility index (Phi) is 5.61. The van der Waals surface area contributed by atoms with Crippen LogP contribution >= 0.6 is 0 Å². The number of benzene rings is 1. The first kappa shape index (κ1) is 16.1. The predicted molar refractivity (Wildman–Crippen MR) is 67.4 cm³/mol. The molecule has 0 aliphatic heterocycles.